The molecule has 1 saturated carbocycles. The van der Waals surface area contributed by atoms with Crippen molar-refractivity contribution in [3.63, 3.8) is 0 Å². The Balaban J connectivity index is 0.992. The molecular formula is C37H38Cl2FN3O7. The standard InChI is InChI=1S/C37H38Cl2FN3O7/c1-47-7-8-49-25-13-37(14-25)18-42(19-37)24-9-29(38)33(30(39)10-24)35(44)41-15-21-3-2-4-26(34(21)50-20-41)27-12-32(28(36(45)46)11-31(27)40)43-22-5-6-23(43)17-48-16-22/h2-4,9-12,22-23,25H,5-8,13-20H2,1H3,(H,45,46). The molecule has 0 aromatic heterocycles. The van der Waals surface area contributed by atoms with Crippen molar-refractivity contribution in [2.75, 3.05) is 63.2 Å². The van der Waals surface area contributed by atoms with Crippen LogP contribution in [0.3, 0.4) is 0 Å². The molecule has 10 nitrogen and oxygen atoms in total. The predicted octanol–water partition coefficient (Wildman–Crippen LogP) is 6.49. The molecule has 8 rings (SSSR count). The Morgan fingerprint density at radius 3 is 2.42 bits per heavy atom. The average molecular weight is 727 g/mol. The number of carbonyl (C=O) groups is 2. The number of aromatic carboxylic acids is 1. The minimum Gasteiger partial charge on any atom is -0.478 e. The number of para-hydroxylation sites is 1. The van der Waals surface area contributed by atoms with Crippen LogP contribution in [0.2, 0.25) is 10.0 Å². The summed E-state index contributed by atoms with van der Waals surface area (Å²) in [5, 5.41) is 10.5. The Labute approximate surface area is 299 Å². The number of hydrogen-bond donors (Lipinski definition) is 1. The number of ether oxygens (including phenoxy) is 4. The summed E-state index contributed by atoms with van der Waals surface area (Å²) in [5.41, 5.74) is 3.10. The lowest BCUT2D eigenvalue weighted by atomic mass is 9.61. The summed E-state index contributed by atoms with van der Waals surface area (Å²) >= 11 is 13.4. The van der Waals surface area contributed by atoms with Crippen LogP contribution in [0.1, 0.15) is 52.0 Å². The van der Waals surface area contributed by atoms with Crippen LogP contribution in [-0.2, 0) is 20.8 Å². The minimum atomic E-state index is -1.19. The molecule has 4 fully saturated rings. The average Bonchev–Trinajstić information content (AvgIpc) is 3.30. The van der Waals surface area contributed by atoms with Gasteiger partial charge in [-0.05, 0) is 49.9 Å². The maximum Gasteiger partial charge on any atom is 0.337 e. The lowest BCUT2D eigenvalue weighted by molar-refractivity contribution is -0.101. The molecule has 1 N–H and O–H groups in total. The zero-order valence-electron chi connectivity index (χ0n) is 27.6. The maximum atomic E-state index is 15.7. The zero-order chi connectivity index (χ0) is 34.7. The van der Waals surface area contributed by atoms with E-state index in [1.807, 2.05) is 6.07 Å². The van der Waals surface area contributed by atoms with Crippen LogP contribution >= 0.6 is 23.2 Å². The lowest BCUT2D eigenvalue weighted by Gasteiger charge is -2.59. The minimum absolute atomic E-state index is 0.0305. The molecule has 2 unspecified atom stereocenters. The van der Waals surface area contributed by atoms with Crippen molar-refractivity contribution in [3.8, 4) is 16.9 Å². The van der Waals surface area contributed by atoms with E-state index < -0.39 is 11.8 Å². The smallest absolute Gasteiger partial charge is 0.337 e. The van der Waals surface area contributed by atoms with Gasteiger partial charge in [0, 0.05) is 48.0 Å². The lowest BCUT2D eigenvalue weighted by Crippen LogP contribution is -2.64. The number of fused-ring (bicyclic) bond motifs is 3. The van der Waals surface area contributed by atoms with Gasteiger partial charge in [0.05, 0.1) is 78.0 Å². The van der Waals surface area contributed by atoms with Crippen LogP contribution in [-0.4, -0.2) is 93.4 Å². The van der Waals surface area contributed by atoms with Gasteiger partial charge in [0.1, 0.15) is 11.6 Å². The maximum absolute atomic E-state index is 15.7. The number of benzene rings is 3. The number of carboxylic acid groups (broad SMARTS) is 1. The fourth-order valence-corrected chi connectivity index (χ4v) is 9.06. The molecule has 2 atom stereocenters. The van der Waals surface area contributed by atoms with Gasteiger partial charge in [-0.1, -0.05) is 41.4 Å². The molecule has 1 amide bonds. The van der Waals surface area contributed by atoms with E-state index >= 15 is 4.39 Å². The number of hydrogen-bond acceptors (Lipinski definition) is 8. The molecule has 3 aromatic carbocycles. The summed E-state index contributed by atoms with van der Waals surface area (Å²) < 4.78 is 38.5. The molecule has 3 aromatic rings. The van der Waals surface area contributed by atoms with E-state index in [2.05, 4.69) is 9.80 Å². The molecule has 1 aliphatic carbocycles. The first-order chi connectivity index (χ1) is 24.1. The van der Waals surface area contributed by atoms with Crippen molar-refractivity contribution < 1.29 is 38.0 Å². The molecule has 50 heavy (non-hydrogen) atoms. The Kier molecular flexibility index (Phi) is 8.84. The highest BCUT2D eigenvalue weighted by Gasteiger charge is 2.53. The molecular weight excluding hydrogens is 688 g/mol. The molecule has 0 radical (unpaired) electrons. The predicted molar refractivity (Wildman–Crippen MR) is 186 cm³/mol. The quantitative estimate of drug-likeness (QED) is 0.248. The van der Waals surface area contributed by atoms with Crippen LogP contribution in [0.5, 0.6) is 5.75 Å². The van der Waals surface area contributed by atoms with Gasteiger partial charge in [-0.15, -0.1) is 0 Å². The number of carbonyl (C=O) groups excluding carboxylic acids is 1. The van der Waals surface area contributed by atoms with Crippen molar-refractivity contribution in [1.82, 2.24) is 4.90 Å². The third-order valence-electron chi connectivity index (χ3n) is 10.9. The first kappa shape index (κ1) is 33.5. The van der Waals surface area contributed by atoms with E-state index in [4.69, 9.17) is 42.1 Å². The van der Waals surface area contributed by atoms with Crippen molar-refractivity contribution in [3.05, 3.63) is 75.0 Å². The highest BCUT2D eigenvalue weighted by Crippen LogP contribution is 2.51. The number of morpholine rings is 1. The number of methoxy groups -OCH3 is 1. The Morgan fingerprint density at radius 1 is 1.02 bits per heavy atom. The van der Waals surface area contributed by atoms with Gasteiger partial charge in [0.15, 0.2) is 6.73 Å². The van der Waals surface area contributed by atoms with E-state index in [1.165, 1.54) is 4.90 Å². The van der Waals surface area contributed by atoms with Gasteiger partial charge in [-0.25, -0.2) is 9.18 Å². The van der Waals surface area contributed by atoms with E-state index in [-0.39, 0.29) is 69.5 Å². The third kappa shape index (κ3) is 5.86. The number of halogens is 3. The molecule has 264 valence electrons. The van der Waals surface area contributed by atoms with Crippen LogP contribution in [0, 0.1) is 11.2 Å². The number of nitrogens with zero attached hydrogens (tertiary/aromatic N) is 3. The normalized spacial score (nSPS) is 22.2. The molecule has 3 saturated heterocycles. The van der Waals surface area contributed by atoms with E-state index in [9.17, 15) is 14.7 Å². The summed E-state index contributed by atoms with van der Waals surface area (Å²) in [7, 11) is 1.67. The first-order valence-corrected chi connectivity index (χ1v) is 17.7. The van der Waals surface area contributed by atoms with Crippen molar-refractivity contribution in [2.24, 2.45) is 5.41 Å². The van der Waals surface area contributed by atoms with Crippen molar-refractivity contribution in [1.29, 1.82) is 0 Å². The second kappa shape index (κ2) is 13.2. The Hall–Kier alpha value is -3.61. The van der Waals surface area contributed by atoms with Gasteiger partial charge in [0.25, 0.3) is 5.91 Å². The fourth-order valence-electron chi connectivity index (χ4n) is 8.42. The summed E-state index contributed by atoms with van der Waals surface area (Å²) in [6.45, 7) is 4.04. The largest absolute Gasteiger partial charge is 0.478 e. The van der Waals surface area contributed by atoms with Gasteiger partial charge in [-0.3, -0.25) is 4.79 Å². The van der Waals surface area contributed by atoms with Crippen LogP contribution in [0.15, 0.2) is 42.5 Å². The first-order valence-electron chi connectivity index (χ1n) is 17.0. The molecule has 4 heterocycles. The molecule has 1 spiro atoms. The third-order valence-corrected chi connectivity index (χ3v) is 11.5. The topological polar surface area (TPSA) is 101 Å². The van der Waals surface area contributed by atoms with E-state index in [1.54, 1.807) is 37.4 Å². The fraction of sp³-hybridized carbons (Fsp3) is 0.459. The number of carboxylic acids is 1. The van der Waals surface area contributed by atoms with Crippen LogP contribution < -0.4 is 14.5 Å². The molecule has 2 bridgehead atoms. The van der Waals surface area contributed by atoms with E-state index in [0.29, 0.717) is 49.0 Å². The molecule has 13 heteroatoms. The Bertz CT molecular complexity index is 1810. The molecule has 4 aliphatic heterocycles. The molecule has 5 aliphatic rings. The van der Waals surface area contributed by atoms with Gasteiger partial charge < -0.3 is 38.8 Å². The highest BCUT2D eigenvalue weighted by molar-refractivity contribution is 6.40. The second-order valence-electron chi connectivity index (χ2n) is 14.1. The summed E-state index contributed by atoms with van der Waals surface area (Å²) in [5.74, 6) is -1.79. The number of anilines is 2. The number of amides is 1. The van der Waals surface area contributed by atoms with Crippen molar-refractivity contribution >= 4 is 46.5 Å². The zero-order valence-corrected chi connectivity index (χ0v) is 29.1. The summed E-state index contributed by atoms with van der Waals surface area (Å²) in [6.07, 6.45) is 4.06. The van der Waals surface area contributed by atoms with Crippen LogP contribution in [0.25, 0.3) is 11.1 Å². The second-order valence-corrected chi connectivity index (χ2v) is 14.9. The SMILES string of the molecule is COCCOC1CC2(C1)CN(c1cc(Cl)c(C(=O)N3COc4c(cccc4-c4cc(N5C6CCC5COC6)c(C(=O)O)cc4F)C3)c(Cl)c1)C2. The number of rotatable bonds is 9. The summed E-state index contributed by atoms with van der Waals surface area (Å²) in [6, 6.07) is 11.7. The summed E-state index contributed by atoms with van der Waals surface area (Å²) in [4.78, 5) is 31.9. The van der Waals surface area contributed by atoms with Gasteiger partial charge in [-0.2, -0.15) is 0 Å². The van der Waals surface area contributed by atoms with Gasteiger partial charge >= 0.3 is 5.97 Å². The highest BCUT2D eigenvalue weighted by atomic mass is 35.5. The van der Waals surface area contributed by atoms with Crippen LogP contribution in [0.4, 0.5) is 15.8 Å². The van der Waals surface area contributed by atoms with E-state index in [0.717, 1.165) is 50.5 Å². The van der Waals surface area contributed by atoms with Crippen molar-refractivity contribution in [2.45, 2.75) is 50.4 Å². The van der Waals surface area contributed by atoms with Gasteiger partial charge in [0.2, 0.25) is 0 Å². The monoisotopic (exact) mass is 725 g/mol. The Morgan fingerprint density at radius 2 is 1.74 bits per heavy atom.